The van der Waals surface area contributed by atoms with Gasteiger partial charge in [0.1, 0.15) is 10.6 Å². The van der Waals surface area contributed by atoms with Gasteiger partial charge >= 0.3 is 10.1 Å². The third-order valence-corrected chi connectivity index (χ3v) is 5.84. The van der Waals surface area contributed by atoms with Crippen LogP contribution in [-0.4, -0.2) is 15.5 Å². The summed E-state index contributed by atoms with van der Waals surface area (Å²) in [5.74, 6) is 1.01. The summed E-state index contributed by atoms with van der Waals surface area (Å²) in [6.07, 6.45) is 0.606. The van der Waals surface area contributed by atoms with E-state index in [9.17, 15) is 8.42 Å². The molecule has 3 aromatic carbocycles. The van der Waals surface area contributed by atoms with E-state index in [1.54, 1.807) is 55.6 Å². The summed E-state index contributed by atoms with van der Waals surface area (Å²) in [6.45, 7) is 3.89. The van der Waals surface area contributed by atoms with Crippen molar-refractivity contribution in [1.82, 2.24) is 0 Å². The van der Waals surface area contributed by atoms with E-state index in [0.29, 0.717) is 23.5 Å². The molecule has 0 atom stereocenters. The van der Waals surface area contributed by atoms with E-state index in [2.05, 4.69) is 0 Å². The first-order valence-corrected chi connectivity index (χ1v) is 10.8. The van der Waals surface area contributed by atoms with Crippen LogP contribution in [0.15, 0.2) is 83.8 Å². The highest BCUT2D eigenvalue weighted by atomic mass is 32.2. The number of ether oxygens (including phenoxy) is 1. The normalized spacial score (nSPS) is 12.2. The molecule has 0 spiro atoms. The quantitative estimate of drug-likeness (QED) is 0.286. The van der Waals surface area contributed by atoms with E-state index < -0.39 is 10.1 Å². The van der Waals surface area contributed by atoms with Gasteiger partial charge in [0.25, 0.3) is 0 Å². The van der Waals surface area contributed by atoms with Gasteiger partial charge in [0.05, 0.1) is 7.11 Å². The van der Waals surface area contributed by atoms with Crippen LogP contribution in [0, 0.1) is 6.92 Å². The van der Waals surface area contributed by atoms with E-state index in [4.69, 9.17) is 8.92 Å². The maximum Gasteiger partial charge on any atom is 0.339 e. The van der Waals surface area contributed by atoms with Crippen LogP contribution in [0.25, 0.3) is 11.3 Å². The molecule has 0 heterocycles. The second-order valence-corrected chi connectivity index (χ2v) is 8.15. The molecule has 5 heteroatoms. The van der Waals surface area contributed by atoms with E-state index in [1.807, 2.05) is 44.2 Å². The largest absolute Gasteiger partial charge is 0.497 e. The molecule has 0 amide bonds. The number of benzene rings is 3. The summed E-state index contributed by atoms with van der Waals surface area (Å²) in [5, 5.41) is 0. The Morgan fingerprint density at radius 1 is 0.828 bits per heavy atom. The van der Waals surface area contributed by atoms with Crippen LogP contribution in [0.1, 0.15) is 30.0 Å². The molecule has 4 nitrogen and oxygen atoms in total. The summed E-state index contributed by atoms with van der Waals surface area (Å²) >= 11 is 0. The summed E-state index contributed by atoms with van der Waals surface area (Å²) in [6, 6.07) is 23.5. The molecule has 0 aliphatic rings. The first-order chi connectivity index (χ1) is 13.9. The lowest BCUT2D eigenvalue weighted by molar-refractivity contribution is 0.414. The molecule has 0 N–H and O–H groups in total. The number of methoxy groups -OCH3 is 1. The monoisotopic (exact) mass is 408 g/mol. The molecule has 3 aromatic rings. The van der Waals surface area contributed by atoms with E-state index in [-0.39, 0.29) is 4.90 Å². The van der Waals surface area contributed by atoms with E-state index in [0.717, 1.165) is 16.7 Å². The molecule has 0 aromatic heterocycles. The number of rotatable bonds is 7. The van der Waals surface area contributed by atoms with Gasteiger partial charge in [0.15, 0.2) is 5.76 Å². The lowest BCUT2D eigenvalue weighted by atomic mass is 9.99. The smallest absolute Gasteiger partial charge is 0.339 e. The minimum atomic E-state index is -3.99. The first kappa shape index (κ1) is 20.7. The van der Waals surface area contributed by atoms with Crippen LogP contribution in [0.5, 0.6) is 5.75 Å². The Hall–Kier alpha value is -3.05. The fourth-order valence-electron chi connectivity index (χ4n) is 3.01. The van der Waals surface area contributed by atoms with Crippen molar-refractivity contribution in [2.45, 2.75) is 25.2 Å². The highest BCUT2D eigenvalue weighted by Gasteiger charge is 2.22. The molecule has 29 heavy (non-hydrogen) atoms. The zero-order valence-corrected chi connectivity index (χ0v) is 17.6. The highest BCUT2D eigenvalue weighted by Crippen LogP contribution is 2.33. The number of allylic oxidation sites excluding steroid dienone is 1. The summed E-state index contributed by atoms with van der Waals surface area (Å²) < 4.78 is 37.0. The van der Waals surface area contributed by atoms with Gasteiger partial charge in [0, 0.05) is 11.1 Å². The number of hydrogen-bond acceptors (Lipinski definition) is 4. The Kier molecular flexibility index (Phi) is 6.39. The number of hydrogen-bond donors (Lipinski definition) is 0. The van der Waals surface area contributed by atoms with Crippen molar-refractivity contribution in [3.05, 3.63) is 95.6 Å². The average molecular weight is 409 g/mol. The van der Waals surface area contributed by atoms with Crippen molar-refractivity contribution >= 4 is 21.5 Å². The van der Waals surface area contributed by atoms with Crippen LogP contribution in [0.3, 0.4) is 0 Å². The third kappa shape index (κ3) is 4.87. The maximum absolute atomic E-state index is 13.0. The van der Waals surface area contributed by atoms with Crippen LogP contribution in [0.4, 0.5) is 0 Å². The van der Waals surface area contributed by atoms with E-state index in [1.165, 1.54) is 0 Å². The van der Waals surface area contributed by atoms with Crippen LogP contribution in [0.2, 0.25) is 0 Å². The first-order valence-electron chi connectivity index (χ1n) is 9.38. The van der Waals surface area contributed by atoms with Gasteiger partial charge in [-0.1, -0.05) is 55.0 Å². The zero-order chi connectivity index (χ0) is 20.9. The Bertz CT molecular complexity index is 1080. The van der Waals surface area contributed by atoms with Gasteiger partial charge in [-0.3, -0.25) is 0 Å². The summed E-state index contributed by atoms with van der Waals surface area (Å²) in [4.78, 5) is 0.123. The van der Waals surface area contributed by atoms with Crippen molar-refractivity contribution < 1.29 is 17.3 Å². The minimum absolute atomic E-state index is 0.123. The standard InChI is InChI=1S/C24H24O4S/c1-4-23(19-8-6-5-7-9-19)24(20-12-14-21(27-3)15-13-20)28-29(25,26)22-16-10-18(2)11-17-22/h5-17H,4H2,1-3H3/b24-23+. The van der Waals surface area contributed by atoms with Gasteiger partial charge in [-0.2, -0.15) is 8.42 Å². The molecule has 0 unspecified atom stereocenters. The third-order valence-electron chi connectivity index (χ3n) is 4.60. The van der Waals surface area contributed by atoms with Gasteiger partial charge < -0.3 is 8.92 Å². The Morgan fingerprint density at radius 3 is 2.00 bits per heavy atom. The Labute approximate surface area is 172 Å². The lowest BCUT2D eigenvalue weighted by Crippen LogP contribution is -2.08. The van der Waals surface area contributed by atoms with Crippen molar-refractivity contribution in [2.24, 2.45) is 0 Å². The molecule has 3 rings (SSSR count). The molecular weight excluding hydrogens is 384 g/mol. The summed E-state index contributed by atoms with van der Waals surface area (Å²) in [7, 11) is -2.40. The fraction of sp³-hybridized carbons (Fsp3) is 0.167. The van der Waals surface area contributed by atoms with Crippen LogP contribution in [-0.2, 0) is 14.3 Å². The molecule has 0 saturated carbocycles. The van der Waals surface area contributed by atoms with Gasteiger partial charge in [0.2, 0.25) is 0 Å². The molecule has 0 bridgehead atoms. The summed E-state index contributed by atoms with van der Waals surface area (Å²) in [5.41, 5.74) is 3.38. The van der Waals surface area contributed by atoms with Crippen molar-refractivity contribution in [1.29, 1.82) is 0 Å². The van der Waals surface area contributed by atoms with Gasteiger partial charge in [-0.25, -0.2) is 0 Å². The van der Waals surface area contributed by atoms with Crippen molar-refractivity contribution in [3.8, 4) is 5.75 Å². The molecule has 0 fully saturated rings. The molecule has 150 valence electrons. The predicted octanol–water partition coefficient (Wildman–Crippen LogP) is 5.69. The van der Waals surface area contributed by atoms with Crippen molar-refractivity contribution in [2.75, 3.05) is 7.11 Å². The second kappa shape index (κ2) is 8.97. The average Bonchev–Trinajstić information content (AvgIpc) is 2.74. The molecule has 0 aliphatic heterocycles. The van der Waals surface area contributed by atoms with Crippen LogP contribution >= 0.6 is 0 Å². The van der Waals surface area contributed by atoms with E-state index >= 15 is 0 Å². The van der Waals surface area contributed by atoms with Gasteiger partial charge in [-0.05, 0) is 55.3 Å². The zero-order valence-electron chi connectivity index (χ0n) is 16.8. The predicted molar refractivity (Wildman–Crippen MR) is 116 cm³/mol. The van der Waals surface area contributed by atoms with Crippen molar-refractivity contribution in [3.63, 3.8) is 0 Å². The number of aryl methyl sites for hydroxylation is 1. The molecule has 0 radical (unpaired) electrons. The maximum atomic E-state index is 13.0. The molecule has 0 aliphatic carbocycles. The molecule has 0 saturated heterocycles. The topological polar surface area (TPSA) is 52.6 Å². The lowest BCUT2D eigenvalue weighted by Gasteiger charge is -2.17. The fourth-order valence-corrected chi connectivity index (χ4v) is 3.99. The second-order valence-electron chi connectivity index (χ2n) is 6.61. The SMILES string of the molecule is CC/C(=C(\OS(=O)(=O)c1ccc(C)cc1)c1ccc(OC)cc1)c1ccccc1. The molecular formula is C24H24O4S. The highest BCUT2D eigenvalue weighted by molar-refractivity contribution is 7.87. The van der Waals surface area contributed by atoms with Gasteiger partial charge in [-0.15, -0.1) is 0 Å². The van der Waals surface area contributed by atoms with Crippen LogP contribution < -0.4 is 4.74 Å². The Morgan fingerprint density at radius 2 is 1.45 bits per heavy atom. The minimum Gasteiger partial charge on any atom is -0.497 e. The Balaban J connectivity index is 2.14.